The lowest BCUT2D eigenvalue weighted by molar-refractivity contribution is 0.241. The summed E-state index contributed by atoms with van der Waals surface area (Å²) in [5.74, 6) is 0.798. The van der Waals surface area contributed by atoms with Crippen molar-refractivity contribution in [1.29, 1.82) is 0 Å². The van der Waals surface area contributed by atoms with Crippen LogP contribution in [0.5, 0.6) is 5.75 Å². The first kappa shape index (κ1) is 9.51. The van der Waals surface area contributed by atoms with Gasteiger partial charge in [0, 0.05) is 0 Å². The zero-order chi connectivity index (χ0) is 10.7. The van der Waals surface area contributed by atoms with Crippen molar-refractivity contribution < 1.29 is 9.53 Å². The molecule has 0 fully saturated rings. The summed E-state index contributed by atoms with van der Waals surface area (Å²) in [6, 6.07) is 7.24. The third-order valence-electron chi connectivity index (χ3n) is 2.13. The molecule has 1 aromatic rings. The van der Waals surface area contributed by atoms with Gasteiger partial charge in [-0.3, -0.25) is 0 Å². The number of ether oxygens (including phenoxy) is 1. The van der Waals surface area contributed by atoms with E-state index in [9.17, 15) is 4.79 Å². The highest BCUT2D eigenvalue weighted by atomic mass is 16.5. The molecule has 15 heavy (non-hydrogen) atoms. The van der Waals surface area contributed by atoms with Gasteiger partial charge in [0.15, 0.2) is 0 Å². The van der Waals surface area contributed by atoms with Crippen molar-refractivity contribution >= 4 is 11.7 Å². The number of hydrazone groups is 1. The Balaban J connectivity index is 2.19. The average Bonchev–Trinajstić information content (AvgIpc) is 2.30. The fraction of sp³-hybridized carbons (Fsp3) is 0.200. The van der Waals surface area contributed by atoms with Crippen LogP contribution < -0.4 is 15.5 Å². The third-order valence-corrected chi connectivity index (χ3v) is 2.13. The number of amides is 2. The van der Waals surface area contributed by atoms with Crippen LogP contribution in [-0.2, 0) is 0 Å². The maximum absolute atomic E-state index is 10.8. The number of carbonyl (C=O) groups excluding carboxylic acids is 1. The van der Waals surface area contributed by atoms with Gasteiger partial charge in [-0.15, -0.1) is 0 Å². The molecular weight excluding hydrogens is 194 g/mol. The Morgan fingerprint density at radius 3 is 2.60 bits per heavy atom. The highest BCUT2D eigenvalue weighted by molar-refractivity contribution is 6.05. The minimum Gasteiger partial charge on any atom is -0.497 e. The summed E-state index contributed by atoms with van der Waals surface area (Å²) in [5.41, 5.74) is 4.13. The van der Waals surface area contributed by atoms with E-state index in [-0.39, 0.29) is 6.03 Å². The third kappa shape index (κ3) is 2.07. The average molecular weight is 205 g/mol. The normalized spacial score (nSPS) is 15.0. The Bertz CT molecular complexity index is 398. The van der Waals surface area contributed by atoms with E-state index in [1.165, 1.54) is 0 Å². The summed E-state index contributed by atoms with van der Waals surface area (Å²) in [5, 5.41) is 6.60. The van der Waals surface area contributed by atoms with E-state index < -0.39 is 0 Å². The highest BCUT2D eigenvalue weighted by Crippen LogP contribution is 2.12. The van der Waals surface area contributed by atoms with Gasteiger partial charge >= 0.3 is 6.03 Å². The van der Waals surface area contributed by atoms with Crippen LogP contribution in [0.15, 0.2) is 29.4 Å². The van der Waals surface area contributed by atoms with E-state index in [1.807, 2.05) is 24.3 Å². The SMILES string of the molecule is COc1ccc(C2=NNC(=O)NC2)cc1. The molecule has 5 heteroatoms. The van der Waals surface area contributed by atoms with Gasteiger partial charge in [0.25, 0.3) is 0 Å². The Morgan fingerprint density at radius 1 is 1.33 bits per heavy atom. The van der Waals surface area contributed by atoms with E-state index in [0.29, 0.717) is 6.54 Å². The van der Waals surface area contributed by atoms with Crippen molar-refractivity contribution in [3.05, 3.63) is 29.8 Å². The Labute approximate surface area is 87.1 Å². The lowest BCUT2D eigenvalue weighted by Gasteiger charge is -2.13. The molecule has 0 spiro atoms. The molecule has 2 N–H and O–H groups in total. The molecule has 0 aromatic heterocycles. The van der Waals surface area contributed by atoms with Crippen molar-refractivity contribution in [2.24, 2.45) is 5.10 Å². The number of benzene rings is 1. The van der Waals surface area contributed by atoms with Crippen LogP contribution in [0, 0.1) is 0 Å². The second-order valence-electron chi connectivity index (χ2n) is 3.08. The molecule has 1 heterocycles. The standard InChI is InChI=1S/C10H11N3O2/c1-15-8-4-2-7(3-5-8)9-6-11-10(14)13-12-9/h2-5H,6H2,1H3,(H2,11,13,14). The summed E-state index contributed by atoms with van der Waals surface area (Å²) in [4.78, 5) is 10.8. The molecule has 1 aliphatic heterocycles. The lowest BCUT2D eigenvalue weighted by atomic mass is 10.1. The van der Waals surface area contributed by atoms with E-state index in [1.54, 1.807) is 7.11 Å². The monoisotopic (exact) mass is 205 g/mol. The van der Waals surface area contributed by atoms with Gasteiger partial charge in [0.1, 0.15) is 5.75 Å². The molecule has 0 radical (unpaired) electrons. The van der Waals surface area contributed by atoms with Gasteiger partial charge < -0.3 is 10.1 Å². The van der Waals surface area contributed by atoms with Gasteiger partial charge in [0.2, 0.25) is 0 Å². The van der Waals surface area contributed by atoms with E-state index in [4.69, 9.17) is 4.74 Å². The molecule has 0 bridgehead atoms. The van der Waals surface area contributed by atoms with Gasteiger partial charge in [0.05, 0.1) is 19.4 Å². The molecule has 0 saturated heterocycles. The molecule has 5 nitrogen and oxygen atoms in total. The largest absolute Gasteiger partial charge is 0.497 e. The molecule has 78 valence electrons. The van der Waals surface area contributed by atoms with Crippen LogP contribution >= 0.6 is 0 Å². The fourth-order valence-electron chi connectivity index (χ4n) is 1.31. The summed E-state index contributed by atoms with van der Waals surface area (Å²) in [6.07, 6.45) is 0. The van der Waals surface area contributed by atoms with E-state index in [2.05, 4.69) is 15.8 Å². The van der Waals surface area contributed by atoms with Crippen LogP contribution in [-0.4, -0.2) is 25.4 Å². The van der Waals surface area contributed by atoms with Gasteiger partial charge in [-0.25, -0.2) is 10.2 Å². The molecule has 2 rings (SSSR count). The Kier molecular flexibility index (Phi) is 2.53. The first-order valence-electron chi connectivity index (χ1n) is 4.54. The van der Waals surface area contributed by atoms with Gasteiger partial charge in [-0.05, 0) is 29.8 Å². The second-order valence-corrected chi connectivity index (χ2v) is 3.08. The fourth-order valence-corrected chi connectivity index (χ4v) is 1.31. The molecule has 0 atom stereocenters. The highest BCUT2D eigenvalue weighted by Gasteiger charge is 2.11. The minimum absolute atomic E-state index is 0.271. The van der Waals surface area contributed by atoms with Crippen LogP contribution in [0.25, 0.3) is 0 Å². The topological polar surface area (TPSA) is 62.7 Å². The molecule has 1 aromatic carbocycles. The minimum atomic E-state index is -0.271. The number of hydrogen-bond donors (Lipinski definition) is 2. The number of nitrogens with zero attached hydrogens (tertiary/aromatic N) is 1. The molecule has 0 aliphatic carbocycles. The van der Waals surface area contributed by atoms with Crippen molar-refractivity contribution in [3.8, 4) is 5.75 Å². The molecule has 1 aliphatic rings. The first-order chi connectivity index (χ1) is 7.29. The maximum Gasteiger partial charge on any atom is 0.335 e. The zero-order valence-electron chi connectivity index (χ0n) is 8.28. The molecular formula is C10H11N3O2. The summed E-state index contributed by atoms with van der Waals surface area (Å²) < 4.78 is 5.05. The van der Waals surface area contributed by atoms with Crippen molar-refractivity contribution in [1.82, 2.24) is 10.7 Å². The van der Waals surface area contributed by atoms with Crippen LogP contribution in [0.2, 0.25) is 0 Å². The zero-order valence-corrected chi connectivity index (χ0v) is 8.28. The number of hydrogen-bond acceptors (Lipinski definition) is 3. The summed E-state index contributed by atoms with van der Waals surface area (Å²) in [7, 11) is 1.62. The van der Waals surface area contributed by atoms with E-state index >= 15 is 0 Å². The maximum atomic E-state index is 10.8. The lowest BCUT2D eigenvalue weighted by Crippen LogP contribution is -2.42. The Hall–Kier alpha value is -2.04. The van der Waals surface area contributed by atoms with Gasteiger partial charge in [-0.2, -0.15) is 5.10 Å². The van der Waals surface area contributed by atoms with Crippen LogP contribution in [0.4, 0.5) is 4.79 Å². The predicted octanol–water partition coefficient (Wildman–Crippen LogP) is 0.712. The predicted molar refractivity (Wildman–Crippen MR) is 56.1 cm³/mol. The molecule has 0 saturated carbocycles. The number of urea groups is 1. The van der Waals surface area contributed by atoms with Crippen LogP contribution in [0.3, 0.4) is 0 Å². The quantitative estimate of drug-likeness (QED) is 0.747. The van der Waals surface area contributed by atoms with Crippen LogP contribution in [0.1, 0.15) is 5.56 Å². The number of nitrogens with one attached hydrogen (secondary N) is 2. The smallest absolute Gasteiger partial charge is 0.335 e. The van der Waals surface area contributed by atoms with Crippen molar-refractivity contribution in [2.75, 3.05) is 13.7 Å². The van der Waals surface area contributed by atoms with Gasteiger partial charge in [-0.1, -0.05) is 0 Å². The van der Waals surface area contributed by atoms with Crippen molar-refractivity contribution in [3.63, 3.8) is 0 Å². The molecule has 2 amide bonds. The summed E-state index contributed by atoms with van der Waals surface area (Å²) in [6.45, 7) is 0.443. The number of methoxy groups -OCH3 is 1. The van der Waals surface area contributed by atoms with E-state index in [0.717, 1.165) is 17.0 Å². The molecule has 0 unspecified atom stereocenters. The second kappa shape index (κ2) is 4.00. The number of carbonyl (C=O) groups is 1. The summed E-state index contributed by atoms with van der Waals surface area (Å²) >= 11 is 0. The Morgan fingerprint density at radius 2 is 2.07 bits per heavy atom. The number of rotatable bonds is 2. The van der Waals surface area contributed by atoms with Crippen molar-refractivity contribution in [2.45, 2.75) is 0 Å². The first-order valence-corrected chi connectivity index (χ1v) is 4.54.